The van der Waals surface area contributed by atoms with Gasteiger partial charge in [-0.15, -0.1) is 0 Å². The number of nitrogens with two attached hydrogens (primary N) is 1. The summed E-state index contributed by atoms with van der Waals surface area (Å²) in [5.41, 5.74) is 9.00. The molecule has 0 bridgehead atoms. The molecule has 1 rings (SSSR count). The highest BCUT2D eigenvalue weighted by Crippen LogP contribution is 2.13. The van der Waals surface area contributed by atoms with Crippen LogP contribution in [0.1, 0.15) is 17.5 Å². The van der Waals surface area contributed by atoms with Crippen molar-refractivity contribution >= 4 is 17.6 Å². The number of anilines is 1. The number of methoxy groups -OCH3 is 1. The molecule has 0 aliphatic heterocycles. The Morgan fingerprint density at radius 3 is 2.72 bits per heavy atom. The highest BCUT2D eigenvalue weighted by atomic mass is 16.5. The summed E-state index contributed by atoms with van der Waals surface area (Å²) < 4.78 is 4.51. The van der Waals surface area contributed by atoms with E-state index in [0.717, 1.165) is 5.69 Å². The topological polar surface area (TPSA) is 76.7 Å². The van der Waals surface area contributed by atoms with Crippen LogP contribution in [0.15, 0.2) is 23.2 Å². The average Bonchev–Trinajstić information content (AvgIpc) is 2.33. The van der Waals surface area contributed by atoms with Gasteiger partial charge in [-0.2, -0.15) is 0 Å². The standard InChI is InChI=1S/C13H19N3O2/c1-9-4-5-11(8-10(9)2)16-13(14)15-7-6-12(17)18-3/h4-5,8H,6-7H2,1-3H3,(H3,14,15,16). The van der Waals surface area contributed by atoms with Gasteiger partial charge in [0.15, 0.2) is 5.96 Å². The molecule has 0 amide bonds. The molecule has 3 N–H and O–H groups in total. The van der Waals surface area contributed by atoms with E-state index in [9.17, 15) is 4.79 Å². The zero-order chi connectivity index (χ0) is 13.5. The number of carbonyl (C=O) groups is 1. The Morgan fingerprint density at radius 2 is 2.11 bits per heavy atom. The van der Waals surface area contributed by atoms with E-state index < -0.39 is 0 Å². The first-order valence-electron chi connectivity index (χ1n) is 5.74. The van der Waals surface area contributed by atoms with E-state index >= 15 is 0 Å². The molecule has 1 aromatic rings. The quantitative estimate of drug-likeness (QED) is 0.482. The smallest absolute Gasteiger partial charge is 0.307 e. The molecule has 0 saturated heterocycles. The van der Waals surface area contributed by atoms with Crippen molar-refractivity contribution in [3.8, 4) is 0 Å². The van der Waals surface area contributed by atoms with Crippen molar-refractivity contribution in [2.24, 2.45) is 10.7 Å². The molecule has 0 aromatic heterocycles. The van der Waals surface area contributed by atoms with Crippen LogP contribution in [0, 0.1) is 13.8 Å². The highest BCUT2D eigenvalue weighted by Gasteiger charge is 2.00. The van der Waals surface area contributed by atoms with Gasteiger partial charge >= 0.3 is 5.97 Å². The zero-order valence-corrected chi connectivity index (χ0v) is 11.0. The first kappa shape index (κ1) is 14.0. The second kappa shape index (κ2) is 6.64. The molecule has 0 unspecified atom stereocenters. The summed E-state index contributed by atoms with van der Waals surface area (Å²) in [6.45, 7) is 4.40. The van der Waals surface area contributed by atoms with E-state index in [2.05, 4.69) is 15.0 Å². The fourth-order valence-corrected chi connectivity index (χ4v) is 1.38. The number of hydrogen-bond donors (Lipinski definition) is 2. The fraction of sp³-hybridized carbons (Fsp3) is 0.385. The van der Waals surface area contributed by atoms with Crippen molar-refractivity contribution in [3.63, 3.8) is 0 Å². The minimum absolute atomic E-state index is 0.228. The SMILES string of the molecule is COC(=O)CCN=C(N)Nc1ccc(C)c(C)c1. The van der Waals surface area contributed by atoms with E-state index in [4.69, 9.17) is 5.73 Å². The molecule has 98 valence electrons. The summed E-state index contributed by atoms with van der Waals surface area (Å²) in [6, 6.07) is 5.95. The van der Waals surface area contributed by atoms with Crippen molar-refractivity contribution < 1.29 is 9.53 Å². The Morgan fingerprint density at radius 1 is 1.39 bits per heavy atom. The summed E-state index contributed by atoms with van der Waals surface area (Å²) in [5.74, 6) is -0.000105. The number of rotatable bonds is 4. The number of guanidine groups is 1. The van der Waals surface area contributed by atoms with Gasteiger partial charge in [-0.25, -0.2) is 0 Å². The maximum Gasteiger partial charge on any atom is 0.307 e. The number of esters is 1. The molecule has 5 heteroatoms. The fourth-order valence-electron chi connectivity index (χ4n) is 1.38. The van der Waals surface area contributed by atoms with Gasteiger partial charge in [0.05, 0.1) is 20.1 Å². The minimum atomic E-state index is -0.294. The minimum Gasteiger partial charge on any atom is -0.469 e. The Labute approximate surface area is 107 Å². The summed E-state index contributed by atoms with van der Waals surface area (Å²) in [6.07, 6.45) is 0.228. The third-order valence-corrected chi connectivity index (χ3v) is 2.61. The Kier molecular flexibility index (Phi) is 5.17. The first-order valence-corrected chi connectivity index (χ1v) is 5.74. The summed E-state index contributed by atoms with van der Waals surface area (Å²) in [5, 5.41) is 2.98. The second-order valence-corrected chi connectivity index (χ2v) is 4.02. The largest absolute Gasteiger partial charge is 0.469 e. The molecule has 0 heterocycles. The lowest BCUT2D eigenvalue weighted by molar-refractivity contribution is -0.140. The normalized spacial score (nSPS) is 11.2. The van der Waals surface area contributed by atoms with Crippen LogP contribution in [0.25, 0.3) is 0 Å². The Bertz CT molecular complexity index is 456. The Balaban J connectivity index is 2.53. The first-order chi connectivity index (χ1) is 8.52. The summed E-state index contributed by atoms with van der Waals surface area (Å²) in [4.78, 5) is 14.9. The molecular formula is C13H19N3O2. The van der Waals surface area contributed by atoms with Crippen LogP contribution in [0.5, 0.6) is 0 Å². The molecule has 5 nitrogen and oxygen atoms in total. The molecule has 0 saturated carbocycles. The molecule has 0 aliphatic carbocycles. The molecule has 0 atom stereocenters. The number of ether oxygens (including phenoxy) is 1. The van der Waals surface area contributed by atoms with Crippen molar-refractivity contribution in [3.05, 3.63) is 29.3 Å². The van der Waals surface area contributed by atoms with Gasteiger partial charge in [0.2, 0.25) is 0 Å². The number of aryl methyl sites for hydroxylation is 2. The van der Waals surface area contributed by atoms with Crippen molar-refractivity contribution in [2.75, 3.05) is 19.0 Å². The van der Waals surface area contributed by atoms with Crippen molar-refractivity contribution in [2.45, 2.75) is 20.3 Å². The Hall–Kier alpha value is -2.04. The number of carbonyl (C=O) groups excluding carboxylic acids is 1. The predicted molar refractivity (Wildman–Crippen MR) is 72.7 cm³/mol. The summed E-state index contributed by atoms with van der Waals surface area (Å²) >= 11 is 0. The van der Waals surface area contributed by atoms with Gasteiger partial charge in [0.25, 0.3) is 0 Å². The van der Waals surface area contributed by atoms with Crippen LogP contribution in [0.4, 0.5) is 5.69 Å². The van der Waals surface area contributed by atoms with Crippen molar-refractivity contribution in [1.29, 1.82) is 0 Å². The van der Waals surface area contributed by atoms with E-state index in [-0.39, 0.29) is 12.4 Å². The molecule has 18 heavy (non-hydrogen) atoms. The number of aliphatic imine (C=N–C) groups is 1. The third kappa shape index (κ3) is 4.45. The maximum atomic E-state index is 10.9. The van der Waals surface area contributed by atoms with E-state index in [1.807, 2.05) is 32.0 Å². The second-order valence-electron chi connectivity index (χ2n) is 4.02. The highest BCUT2D eigenvalue weighted by molar-refractivity contribution is 5.92. The predicted octanol–water partition coefficient (Wildman–Crippen LogP) is 1.59. The van der Waals surface area contributed by atoms with Gasteiger partial charge in [-0.1, -0.05) is 6.07 Å². The average molecular weight is 249 g/mol. The molecule has 1 aromatic carbocycles. The molecule has 0 radical (unpaired) electrons. The lowest BCUT2D eigenvalue weighted by Crippen LogP contribution is -2.23. The number of nitrogens with zero attached hydrogens (tertiary/aromatic N) is 1. The van der Waals surface area contributed by atoms with Gasteiger partial charge in [0.1, 0.15) is 0 Å². The molecular weight excluding hydrogens is 230 g/mol. The van der Waals surface area contributed by atoms with E-state index in [0.29, 0.717) is 12.5 Å². The van der Waals surface area contributed by atoms with Gasteiger partial charge in [-0.05, 0) is 37.1 Å². The third-order valence-electron chi connectivity index (χ3n) is 2.61. The monoisotopic (exact) mass is 249 g/mol. The molecule has 0 fully saturated rings. The number of benzene rings is 1. The van der Waals surface area contributed by atoms with Gasteiger partial charge in [-0.3, -0.25) is 9.79 Å². The van der Waals surface area contributed by atoms with E-state index in [1.165, 1.54) is 18.2 Å². The van der Waals surface area contributed by atoms with Crippen LogP contribution in [0.3, 0.4) is 0 Å². The van der Waals surface area contributed by atoms with Crippen LogP contribution in [0.2, 0.25) is 0 Å². The summed E-state index contributed by atoms with van der Waals surface area (Å²) in [7, 11) is 1.35. The van der Waals surface area contributed by atoms with Crippen LogP contribution < -0.4 is 11.1 Å². The molecule has 0 spiro atoms. The van der Waals surface area contributed by atoms with Gasteiger partial charge < -0.3 is 15.8 Å². The van der Waals surface area contributed by atoms with E-state index in [1.54, 1.807) is 0 Å². The zero-order valence-electron chi connectivity index (χ0n) is 11.0. The lowest BCUT2D eigenvalue weighted by Gasteiger charge is -2.07. The maximum absolute atomic E-state index is 10.9. The number of nitrogens with one attached hydrogen (secondary N) is 1. The van der Waals surface area contributed by atoms with Crippen molar-refractivity contribution in [1.82, 2.24) is 0 Å². The number of hydrogen-bond acceptors (Lipinski definition) is 3. The van der Waals surface area contributed by atoms with Gasteiger partial charge in [0, 0.05) is 5.69 Å². The van der Waals surface area contributed by atoms with Crippen LogP contribution in [-0.4, -0.2) is 25.6 Å². The molecule has 0 aliphatic rings. The lowest BCUT2D eigenvalue weighted by atomic mass is 10.1. The van der Waals surface area contributed by atoms with Crippen LogP contribution >= 0.6 is 0 Å². The van der Waals surface area contributed by atoms with Crippen LogP contribution in [-0.2, 0) is 9.53 Å².